The van der Waals surface area contributed by atoms with Crippen LogP contribution in [0.4, 0.5) is 0 Å². The second-order valence-corrected chi connectivity index (χ2v) is 7.96. The Balaban J connectivity index is 2.06. The van der Waals surface area contributed by atoms with Crippen molar-refractivity contribution in [3.05, 3.63) is 66.0 Å². The van der Waals surface area contributed by atoms with E-state index in [1.807, 2.05) is 44.2 Å². The van der Waals surface area contributed by atoms with Gasteiger partial charge in [0.1, 0.15) is 5.75 Å². The highest BCUT2D eigenvalue weighted by molar-refractivity contribution is 7.90. The Hall–Kier alpha value is -2.60. The quantitative estimate of drug-likeness (QED) is 0.653. The molecule has 0 fully saturated rings. The lowest BCUT2D eigenvalue weighted by Gasteiger charge is -2.12. The topological polar surface area (TPSA) is 61.2 Å². The molecule has 0 aliphatic heterocycles. The van der Waals surface area contributed by atoms with E-state index in [1.165, 1.54) is 3.97 Å². The number of hydrogen-bond donors (Lipinski definition) is 0. The highest BCUT2D eigenvalue weighted by atomic mass is 32.2. The Morgan fingerprint density at radius 1 is 1.08 bits per heavy atom. The van der Waals surface area contributed by atoms with Gasteiger partial charge in [-0.2, -0.15) is 0 Å². The third-order valence-electron chi connectivity index (χ3n) is 3.99. The van der Waals surface area contributed by atoms with Gasteiger partial charge in [0, 0.05) is 11.8 Å². The van der Waals surface area contributed by atoms with Crippen molar-refractivity contribution in [3.63, 3.8) is 0 Å². The van der Waals surface area contributed by atoms with Gasteiger partial charge in [0.2, 0.25) is 0 Å². The van der Waals surface area contributed by atoms with Crippen molar-refractivity contribution in [2.75, 3.05) is 6.61 Å². The monoisotopic (exact) mass is 370 g/mol. The number of imidazole rings is 1. The second kappa shape index (κ2) is 7.33. The third kappa shape index (κ3) is 3.51. The van der Waals surface area contributed by atoms with Crippen LogP contribution in [0.5, 0.6) is 5.75 Å². The third-order valence-corrected chi connectivity index (χ3v) is 5.64. The van der Waals surface area contributed by atoms with Crippen molar-refractivity contribution < 1.29 is 13.2 Å². The number of nitrogens with zero attached hydrogens (tertiary/aromatic N) is 2. The predicted molar refractivity (Wildman–Crippen MR) is 102 cm³/mol. The summed E-state index contributed by atoms with van der Waals surface area (Å²) in [6.07, 6.45) is 2.45. The zero-order valence-electron chi connectivity index (χ0n) is 15.1. The number of ether oxygens (including phenoxy) is 1. The maximum atomic E-state index is 13.2. The summed E-state index contributed by atoms with van der Waals surface area (Å²) in [4.78, 5) is 4.63. The van der Waals surface area contributed by atoms with Crippen molar-refractivity contribution in [1.82, 2.24) is 8.96 Å². The van der Waals surface area contributed by atoms with E-state index >= 15 is 0 Å². The molecule has 0 aliphatic carbocycles. The van der Waals surface area contributed by atoms with E-state index in [-0.39, 0.29) is 4.90 Å². The first-order valence-electron chi connectivity index (χ1n) is 8.54. The fourth-order valence-electron chi connectivity index (χ4n) is 2.71. The van der Waals surface area contributed by atoms with Crippen molar-refractivity contribution in [3.8, 4) is 17.1 Å². The first-order chi connectivity index (χ1) is 12.4. The van der Waals surface area contributed by atoms with E-state index in [4.69, 9.17) is 4.74 Å². The molecule has 136 valence electrons. The average Bonchev–Trinajstić information content (AvgIpc) is 3.04. The standard InChI is InChI=1S/C20H22N2O3S/c1-4-12-25-19-11-10-18(13-15(19)2)26(23,24)22-14-16(3)21-20(22)17-8-6-5-7-9-17/h5-11,13-14H,4,12H2,1-3H3. The number of hydrogen-bond acceptors (Lipinski definition) is 4. The van der Waals surface area contributed by atoms with Gasteiger partial charge in [-0.1, -0.05) is 37.3 Å². The summed E-state index contributed by atoms with van der Waals surface area (Å²) in [5, 5.41) is 0. The smallest absolute Gasteiger partial charge is 0.269 e. The lowest BCUT2D eigenvalue weighted by atomic mass is 10.2. The molecule has 5 nitrogen and oxygen atoms in total. The van der Waals surface area contributed by atoms with Crippen LogP contribution in [0.3, 0.4) is 0 Å². The maximum absolute atomic E-state index is 13.2. The van der Waals surface area contributed by atoms with Crippen LogP contribution < -0.4 is 4.74 Å². The van der Waals surface area contributed by atoms with Crippen molar-refractivity contribution in [1.29, 1.82) is 0 Å². The zero-order chi connectivity index (χ0) is 18.7. The van der Waals surface area contributed by atoms with E-state index in [9.17, 15) is 8.42 Å². The molecule has 26 heavy (non-hydrogen) atoms. The minimum absolute atomic E-state index is 0.216. The minimum atomic E-state index is -3.76. The summed E-state index contributed by atoms with van der Waals surface area (Å²) in [6.45, 7) is 6.26. The van der Waals surface area contributed by atoms with E-state index in [2.05, 4.69) is 4.98 Å². The van der Waals surface area contributed by atoms with Gasteiger partial charge in [-0.25, -0.2) is 17.4 Å². The molecule has 0 saturated heterocycles. The van der Waals surface area contributed by atoms with Gasteiger partial charge in [0.25, 0.3) is 10.0 Å². The Bertz CT molecular complexity index is 1010. The number of benzene rings is 2. The van der Waals surface area contributed by atoms with Gasteiger partial charge in [0.15, 0.2) is 5.82 Å². The van der Waals surface area contributed by atoms with E-state index in [1.54, 1.807) is 31.3 Å². The molecule has 0 amide bonds. The Labute approximate surface area is 154 Å². The van der Waals surface area contributed by atoms with Crippen LogP contribution in [-0.2, 0) is 10.0 Å². The first-order valence-corrected chi connectivity index (χ1v) is 9.98. The van der Waals surface area contributed by atoms with Crippen LogP contribution in [0.2, 0.25) is 0 Å². The lowest BCUT2D eigenvalue weighted by molar-refractivity contribution is 0.315. The molecule has 1 aromatic heterocycles. The normalized spacial score (nSPS) is 11.5. The highest BCUT2D eigenvalue weighted by Crippen LogP contribution is 2.27. The number of aryl methyl sites for hydroxylation is 2. The summed E-state index contributed by atoms with van der Waals surface area (Å²) in [7, 11) is -3.76. The summed E-state index contributed by atoms with van der Waals surface area (Å²) >= 11 is 0. The highest BCUT2D eigenvalue weighted by Gasteiger charge is 2.23. The van der Waals surface area contributed by atoms with E-state index < -0.39 is 10.0 Å². The second-order valence-electron chi connectivity index (χ2n) is 6.15. The molecule has 3 aromatic rings. The SMILES string of the molecule is CCCOc1ccc(S(=O)(=O)n2cc(C)nc2-c2ccccc2)cc1C. The molecule has 0 radical (unpaired) electrons. The van der Waals surface area contributed by atoms with Crippen LogP contribution >= 0.6 is 0 Å². The largest absolute Gasteiger partial charge is 0.493 e. The molecule has 6 heteroatoms. The molecule has 3 rings (SSSR count). The number of rotatable bonds is 6. The molecule has 2 aromatic carbocycles. The molecule has 1 heterocycles. The van der Waals surface area contributed by atoms with E-state index in [0.29, 0.717) is 23.9 Å². The van der Waals surface area contributed by atoms with Crippen molar-refractivity contribution in [2.24, 2.45) is 0 Å². The molecule has 0 aliphatic rings. The summed E-state index contributed by atoms with van der Waals surface area (Å²) in [5.74, 6) is 1.11. The molecule has 0 N–H and O–H groups in total. The maximum Gasteiger partial charge on any atom is 0.269 e. The average molecular weight is 370 g/mol. The number of aromatic nitrogens is 2. The van der Waals surface area contributed by atoms with Crippen LogP contribution in [0.1, 0.15) is 24.6 Å². The Morgan fingerprint density at radius 2 is 1.81 bits per heavy atom. The van der Waals surface area contributed by atoms with Crippen LogP contribution in [0.25, 0.3) is 11.4 Å². The van der Waals surface area contributed by atoms with Gasteiger partial charge in [-0.3, -0.25) is 0 Å². The molecular formula is C20H22N2O3S. The van der Waals surface area contributed by atoms with Crippen LogP contribution in [0, 0.1) is 13.8 Å². The Morgan fingerprint density at radius 3 is 2.46 bits per heavy atom. The summed E-state index contributed by atoms with van der Waals surface area (Å²) < 4.78 is 33.3. The predicted octanol–water partition coefficient (Wildman–Crippen LogP) is 4.19. The molecule has 0 unspecified atom stereocenters. The van der Waals surface area contributed by atoms with Crippen LogP contribution in [0.15, 0.2) is 59.6 Å². The molecule has 0 atom stereocenters. The van der Waals surface area contributed by atoms with Gasteiger partial charge in [0.05, 0.1) is 17.2 Å². The van der Waals surface area contributed by atoms with E-state index in [0.717, 1.165) is 17.5 Å². The fourth-order valence-corrected chi connectivity index (χ4v) is 4.17. The molecule has 0 saturated carbocycles. The van der Waals surface area contributed by atoms with Gasteiger partial charge in [-0.05, 0) is 44.0 Å². The molecule has 0 bridgehead atoms. The van der Waals surface area contributed by atoms with Crippen LogP contribution in [-0.4, -0.2) is 24.0 Å². The fraction of sp³-hybridized carbons (Fsp3) is 0.250. The minimum Gasteiger partial charge on any atom is -0.493 e. The lowest BCUT2D eigenvalue weighted by Crippen LogP contribution is -2.14. The summed E-state index contributed by atoms with van der Waals surface area (Å²) in [6, 6.07) is 14.2. The molecule has 0 spiro atoms. The first kappa shape index (κ1) is 18.2. The van der Waals surface area contributed by atoms with Crippen molar-refractivity contribution in [2.45, 2.75) is 32.1 Å². The summed E-state index contributed by atoms with van der Waals surface area (Å²) in [5.41, 5.74) is 2.19. The zero-order valence-corrected chi connectivity index (χ0v) is 16.0. The Kier molecular flexibility index (Phi) is 5.13. The van der Waals surface area contributed by atoms with Gasteiger partial charge >= 0.3 is 0 Å². The molecular weight excluding hydrogens is 348 g/mol. The van der Waals surface area contributed by atoms with Gasteiger partial charge in [-0.15, -0.1) is 0 Å². The van der Waals surface area contributed by atoms with Crippen molar-refractivity contribution >= 4 is 10.0 Å². The van der Waals surface area contributed by atoms with Gasteiger partial charge < -0.3 is 4.74 Å².